The number of hydrogen-bond acceptors (Lipinski definition) is 4. The molecule has 4 nitrogen and oxygen atoms in total. The summed E-state index contributed by atoms with van der Waals surface area (Å²) in [5.74, 6) is 0. The zero-order valence-electron chi connectivity index (χ0n) is 13.3. The van der Waals surface area contributed by atoms with Gasteiger partial charge in [0.25, 0.3) is 0 Å². The lowest BCUT2D eigenvalue weighted by Crippen LogP contribution is -2.63. The second-order valence-corrected chi connectivity index (χ2v) is 6.70. The predicted octanol–water partition coefficient (Wildman–Crippen LogP) is 1.12. The molecule has 19 heavy (non-hydrogen) atoms. The Morgan fingerprint density at radius 2 is 1.84 bits per heavy atom. The van der Waals surface area contributed by atoms with Gasteiger partial charge in [-0.05, 0) is 34.7 Å². The molecule has 0 aliphatic carbocycles. The van der Waals surface area contributed by atoms with E-state index in [1.165, 1.54) is 13.1 Å². The van der Waals surface area contributed by atoms with E-state index in [-0.39, 0.29) is 0 Å². The van der Waals surface area contributed by atoms with Crippen molar-refractivity contribution in [2.45, 2.75) is 51.9 Å². The lowest BCUT2D eigenvalue weighted by molar-refractivity contribution is -0.0484. The van der Waals surface area contributed by atoms with Crippen LogP contribution in [0, 0.1) is 0 Å². The number of hydrogen-bond donors (Lipinski definition) is 0. The van der Waals surface area contributed by atoms with Crippen LogP contribution in [0.1, 0.15) is 27.7 Å². The summed E-state index contributed by atoms with van der Waals surface area (Å²) in [6.45, 7) is 15.6. The van der Waals surface area contributed by atoms with Gasteiger partial charge in [0.2, 0.25) is 0 Å². The molecule has 0 saturated carbocycles. The molecular weight excluding hydrogens is 238 g/mol. The molecular formula is C15H31N3O. The van der Waals surface area contributed by atoms with Crippen molar-refractivity contribution in [2.24, 2.45) is 0 Å². The molecule has 0 spiro atoms. The molecule has 4 heteroatoms. The first kappa shape index (κ1) is 15.2. The van der Waals surface area contributed by atoms with Crippen LogP contribution in [0.25, 0.3) is 0 Å². The van der Waals surface area contributed by atoms with Gasteiger partial charge in [-0.3, -0.25) is 14.7 Å². The van der Waals surface area contributed by atoms with E-state index in [0.29, 0.717) is 18.1 Å². The van der Waals surface area contributed by atoms with E-state index in [1.54, 1.807) is 0 Å². The summed E-state index contributed by atoms with van der Waals surface area (Å²) >= 11 is 0. The van der Waals surface area contributed by atoms with E-state index in [4.69, 9.17) is 4.74 Å². The average molecular weight is 269 g/mol. The van der Waals surface area contributed by atoms with Gasteiger partial charge in [0.05, 0.1) is 13.2 Å². The normalized spacial score (nSPS) is 27.5. The van der Waals surface area contributed by atoms with Crippen LogP contribution in [0.5, 0.6) is 0 Å². The van der Waals surface area contributed by atoms with E-state index in [0.717, 1.165) is 32.3 Å². The first-order valence-corrected chi connectivity index (χ1v) is 7.76. The summed E-state index contributed by atoms with van der Waals surface area (Å²) in [7, 11) is 2.27. The van der Waals surface area contributed by atoms with E-state index < -0.39 is 0 Å². The van der Waals surface area contributed by atoms with Gasteiger partial charge in [-0.25, -0.2) is 0 Å². The summed E-state index contributed by atoms with van der Waals surface area (Å²) in [5.41, 5.74) is 0. The molecule has 2 aliphatic rings. The molecule has 2 fully saturated rings. The van der Waals surface area contributed by atoms with Crippen molar-refractivity contribution in [3.63, 3.8) is 0 Å². The first-order chi connectivity index (χ1) is 8.99. The Bertz CT molecular complexity index is 277. The SMILES string of the molecule is CC(C)N1CC(N(C)CC2COCCN2C(C)C)C1. The number of morpholine rings is 1. The highest BCUT2D eigenvalue weighted by atomic mass is 16.5. The van der Waals surface area contributed by atoms with Gasteiger partial charge < -0.3 is 4.74 Å². The fourth-order valence-electron chi connectivity index (χ4n) is 3.17. The van der Waals surface area contributed by atoms with Gasteiger partial charge in [-0.15, -0.1) is 0 Å². The number of likely N-dealkylation sites (tertiary alicyclic amines) is 1. The van der Waals surface area contributed by atoms with Crippen LogP contribution in [0.4, 0.5) is 0 Å². The molecule has 1 unspecified atom stereocenters. The Morgan fingerprint density at radius 3 is 2.42 bits per heavy atom. The fourth-order valence-corrected chi connectivity index (χ4v) is 3.17. The Balaban J connectivity index is 1.79. The van der Waals surface area contributed by atoms with Crippen molar-refractivity contribution in [2.75, 3.05) is 46.4 Å². The van der Waals surface area contributed by atoms with Crippen molar-refractivity contribution < 1.29 is 4.74 Å². The standard InChI is InChI=1S/C15H31N3O/c1-12(2)17-9-14(10-17)16(5)8-15-11-19-7-6-18(15)13(3)4/h12-15H,6-11H2,1-5H3. The maximum atomic E-state index is 5.68. The second-order valence-electron chi connectivity index (χ2n) is 6.70. The Hall–Kier alpha value is -0.160. The fraction of sp³-hybridized carbons (Fsp3) is 1.00. The quantitative estimate of drug-likeness (QED) is 0.744. The van der Waals surface area contributed by atoms with Crippen LogP contribution >= 0.6 is 0 Å². The largest absolute Gasteiger partial charge is 0.378 e. The highest BCUT2D eigenvalue weighted by molar-refractivity contribution is 4.91. The summed E-state index contributed by atoms with van der Waals surface area (Å²) in [4.78, 5) is 7.67. The Kier molecular flexibility index (Phi) is 5.23. The monoisotopic (exact) mass is 269 g/mol. The van der Waals surface area contributed by atoms with E-state index in [9.17, 15) is 0 Å². The summed E-state index contributed by atoms with van der Waals surface area (Å²) in [6, 6.07) is 2.61. The maximum absolute atomic E-state index is 5.68. The van der Waals surface area contributed by atoms with Crippen molar-refractivity contribution >= 4 is 0 Å². The third kappa shape index (κ3) is 3.69. The van der Waals surface area contributed by atoms with Gasteiger partial charge in [-0.1, -0.05) is 0 Å². The van der Waals surface area contributed by atoms with Crippen LogP contribution in [0.2, 0.25) is 0 Å². The number of rotatable bonds is 5. The van der Waals surface area contributed by atoms with Gasteiger partial charge in [0.15, 0.2) is 0 Å². The third-order valence-corrected chi connectivity index (χ3v) is 4.68. The van der Waals surface area contributed by atoms with Crippen molar-refractivity contribution in [3.05, 3.63) is 0 Å². The van der Waals surface area contributed by atoms with E-state index in [2.05, 4.69) is 49.4 Å². The van der Waals surface area contributed by atoms with Crippen LogP contribution in [0.3, 0.4) is 0 Å². The molecule has 2 saturated heterocycles. The maximum Gasteiger partial charge on any atom is 0.0635 e. The molecule has 0 aromatic carbocycles. The average Bonchev–Trinajstić information content (AvgIpc) is 2.26. The summed E-state index contributed by atoms with van der Waals surface area (Å²) in [5, 5.41) is 0. The minimum Gasteiger partial charge on any atom is -0.378 e. The minimum absolute atomic E-state index is 0.562. The van der Waals surface area contributed by atoms with Crippen molar-refractivity contribution in [1.29, 1.82) is 0 Å². The zero-order valence-corrected chi connectivity index (χ0v) is 13.3. The number of ether oxygens (including phenoxy) is 1. The highest BCUT2D eigenvalue weighted by Gasteiger charge is 2.34. The van der Waals surface area contributed by atoms with Gasteiger partial charge in [0.1, 0.15) is 0 Å². The Labute approximate surface area is 118 Å². The molecule has 2 rings (SSSR count). The molecule has 0 N–H and O–H groups in total. The van der Waals surface area contributed by atoms with Crippen molar-refractivity contribution in [3.8, 4) is 0 Å². The Morgan fingerprint density at radius 1 is 1.16 bits per heavy atom. The molecule has 0 aromatic heterocycles. The zero-order chi connectivity index (χ0) is 14.0. The molecule has 0 aromatic rings. The first-order valence-electron chi connectivity index (χ1n) is 7.76. The summed E-state index contributed by atoms with van der Waals surface area (Å²) in [6.07, 6.45) is 0. The van der Waals surface area contributed by atoms with Crippen LogP contribution in [-0.4, -0.2) is 85.3 Å². The van der Waals surface area contributed by atoms with Gasteiger partial charge >= 0.3 is 0 Å². The molecule has 0 amide bonds. The number of likely N-dealkylation sites (N-methyl/N-ethyl adjacent to an activating group) is 1. The van der Waals surface area contributed by atoms with Crippen LogP contribution in [0.15, 0.2) is 0 Å². The molecule has 1 atom stereocenters. The van der Waals surface area contributed by atoms with Gasteiger partial charge in [0, 0.05) is 50.3 Å². The van der Waals surface area contributed by atoms with Crippen molar-refractivity contribution in [1.82, 2.24) is 14.7 Å². The third-order valence-electron chi connectivity index (χ3n) is 4.68. The summed E-state index contributed by atoms with van der Waals surface area (Å²) < 4.78 is 5.68. The number of nitrogens with zero attached hydrogens (tertiary/aromatic N) is 3. The van der Waals surface area contributed by atoms with Gasteiger partial charge in [-0.2, -0.15) is 0 Å². The molecule has 2 heterocycles. The van der Waals surface area contributed by atoms with Crippen LogP contribution < -0.4 is 0 Å². The molecule has 0 bridgehead atoms. The van der Waals surface area contributed by atoms with E-state index >= 15 is 0 Å². The minimum atomic E-state index is 0.562. The smallest absolute Gasteiger partial charge is 0.0635 e. The lowest BCUT2D eigenvalue weighted by atomic mass is 10.0. The van der Waals surface area contributed by atoms with Crippen LogP contribution in [-0.2, 0) is 4.74 Å². The molecule has 112 valence electrons. The highest BCUT2D eigenvalue weighted by Crippen LogP contribution is 2.19. The predicted molar refractivity (Wildman–Crippen MR) is 79.6 cm³/mol. The van der Waals surface area contributed by atoms with E-state index in [1.807, 2.05) is 0 Å². The second kappa shape index (κ2) is 6.53. The lowest BCUT2D eigenvalue weighted by Gasteiger charge is -2.48. The molecule has 2 aliphatic heterocycles. The molecule has 0 radical (unpaired) electrons. The topological polar surface area (TPSA) is 19.0 Å².